The van der Waals surface area contributed by atoms with Gasteiger partial charge in [-0.25, -0.2) is 0 Å². The van der Waals surface area contributed by atoms with Crippen molar-refractivity contribution in [2.45, 2.75) is 58.6 Å². The Morgan fingerprint density at radius 2 is 2.00 bits per heavy atom. The Kier molecular flexibility index (Phi) is 7.91. The highest BCUT2D eigenvalue weighted by Crippen LogP contribution is 2.35. The molecule has 1 aliphatic carbocycles. The molecule has 1 fully saturated rings. The lowest BCUT2D eigenvalue weighted by atomic mass is 9.75. The van der Waals surface area contributed by atoms with Gasteiger partial charge in [0, 0.05) is 19.1 Å². The van der Waals surface area contributed by atoms with Crippen LogP contribution in [0.1, 0.15) is 58.1 Å². The van der Waals surface area contributed by atoms with Gasteiger partial charge in [-0.2, -0.15) is 0 Å². The van der Waals surface area contributed by atoms with Gasteiger partial charge in [-0.1, -0.05) is 57.5 Å². The molecule has 0 aromatic heterocycles. The van der Waals surface area contributed by atoms with Crippen molar-refractivity contribution in [2.75, 3.05) is 13.1 Å². The molecule has 2 rings (SSSR count). The predicted octanol–water partition coefficient (Wildman–Crippen LogP) is 3.67. The zero-order chi connectivity index (χ0) is 18.2. The molecule has 4 nitrogen and oxygen atoms in total. The maximum atomic E-state index is 12.6. The Morgan fingerprint density at radius 1 is 1.28 bits per heavy atom. The van der Waals surface area contributed by atoms with Gasteiger partial charge < -0.3 is 15.8 Å². The molecule has 140 valence electrons. The van der Waals surface area contributed by atoms with Crippen molar-refractivity contribution in [3.8, 4) is 0 Å². The third kappa shape index (κ3) is 6.12. The molecule has 0 heterocycles. The molecule has 0 saturated heterocycles. The highest BCUT2D eigenvalue weighted by Gasteiger charge is 2.33. The number of nitrogens with one attached hydrogen (secondary N) is 1. The number of carbonyl (C=O) groups is 1. The van der Waals surface area contributed by atoms with Crippen LogP contribution in [0, 0.1) is 17.8 Å². The number of carbonyl (C=O) groups excluding carboxylic acids is 1. The van der Waals surface area contributed by atoms with Gasteiger partial charge in [0.05, 0.1) is 6.42 Å². The third-order valence-corrected chi connectivity index (χ3v) is 5.35. The zero-order valence-electron chi connectivity index (χ0n) is 15.9. The Morgan fingerprint density at radius 3 is 2.64 bits per heavy atom. The van der Waals surface area contributed by atoms with Crippen LogP contribution in [0.25, 0.3) is 0 Å². The van der Waals surface area contributed by atoms with Gasteiger partial charge >= 0.3 is 5.97 Å². The van der Waals surface area contributed by atoms with Gasteiger partial charge in [-0.3, -0.25) is 4.79 Å². The highest BCUT2D eigenvalue weighted by molar-refractivity contribution is 5.70. The van der Waals surface area contributed by atoms with Crippen molar-refractivity contribution in [2.24, 2.45) is 23.5 Å². The summed E-state index contributed by atoms with van der Waals surface area (Å²) in [6.45, 7) is 7.96. The molecular weight excluding hydrogens is 312 g/mol. The van der Waals surface area contributed by atoms with Crippen molar-refractivity contribution in [1.82, 2.24) is 5.32 Å². The fourth-order valence-electron chi connectivity index (χ4n) is 3.88. The summed E-state index contributed by atoms with van der Waals surface area (Å²) in [4.78, 5) is 12.6. The smallest absolute Gasteiger partial charge is 0.308 e. The molecule has 1 unspecified atom stereocenters. The van der Waals surface area contributed by atoms with E-state index in [1.54, 1.807) is 0 Å². The molecule has 3 N–H and O–H groups in total. The van der Waals surface area contributed by atoms with Crippen molar-refractivity contribution < 1.29 is 9.53 Å². The summed E-state index contributed by atoms with van der Waals surface area (Å²) in [6.07, 6.45) is 3.79. The fourth-order valence-corrected chi connectivity index (χ4v) is 3.88. The first-order chi connectivity index (χ1) is 12.0. The number of benzene rings is 1. The average molecular weight is 347 g/mol. The van der Waals surface area contributed by atoms with E-state index < -0.39 is 0 Å². The monoisotopic (exact) mass is 346 g/mol. The van der Waals surface area contributed by atoms with E-state index in [1.807, 2.05) is 30.3 Å². The first-order valence-electron chi connectivity index (χ1n) is 9.69. The Labute approximate surface area is 152 Å². The molecule has 4 atom stereocenters. The molecule has 0 bridgehead atoms. The van der Waals surface area contributed by atoms with Gasteiger partial charge in [0.1, 0.15) is 6.10 Å². The predicted molar refractivity (Wildman–Crippen MR) is 102 cm³/mol. The number of rotatable bonds is 8. The van der Waals surface area contributed by atoms with Gasteiger partial charge in [-0.05, 0) is 36.2 Å². The summed E-state index contributed by atoms with van der Waals surface area (Å²) >= 11 is 0. The van der Waals surface area contributed by atoms with Gasteiger partial charge in [0.25, 0.3) is 0 Å². The third-order valence-electron chi connectivity index (χ3n) is 5.35. The van der Waals surface area contributed by atoms with E-state index in [0.717, 1.165) is 18.4 Å². The Balaban J connectivity index is 1.99. The van der Waals surface area contributed by atoms with Gasteiger partial charge in [0.2, 0.25) is 0 Å². The molecule has 1 saturated carbocycles. The number of hydrogen-bond donors (Lipinski definition) is 2. The van der Waals surface area contributed by atoms with Crippen LogP contribution in [0.4, 0.5) is 0 Å². The molecule has 25 heavy (non-hydrogen) atoms. The van der Waals surface area contributed by atoms with Crippen molar-refractivity contribution >= 4 is 5.97 Å². The van der Waals surface area contributed by atoms with Crippen LogP contribution >= 0.6 is 0 Å². The van der Waals surface area contributed by atoms with E-state index in [1.165, 1.54) is 6.42 Å². The first kappa shape index (κ1) is 19.9. The van der Waals surface area contributed by atoms with Crippen molar-refractivity contribution in [3.05, 3.63) is 35.9 Å². The van der Waals surface area contributed by atoms with E-state index in [9.17, 15) is 4.79 Å². The normalized spacial score (nSPS) is 24.9. The summed E-state index contributed by atoms with van der Waals surface area (Å²) in [5.74, 6) is 1.55. The van der Waals surface area contributed by atoms with E-state index in [2.05, 4.69) is 26.1 Å². The van der Waals surface area contributed by atoms with Crippen LogP contribution in [0.5, 0.6) is 0 Å². The molecule has 0 amide bonds. The second-order valence-electron chi connectivity index (χ2n) is 7.76. The Bertz CT molecular complexity index is 518. The fraction of sp³-hybridized carbons (Fsp3) is 0.667. The van der Waals surface area contributed by atoms with E-state index in [0.29, 0.717) is 37.3 Å². The summed E-state index contributed by atoms with van der Waals surface area (Å²) in [6, 6.07) is 10.0. The molecule has 4 heteroatoms. The molecule has 1 aliphatic rings. The molecule has 0 radical (unpaired) electrons. The van der Waals surface area contributed by atoms with Crippen LogP contribution in [-0.4, -0.2) is 25.2 Å². The van der Waals surface area contributed by atoms with E-state index in [-0.39, 0.29) is 18.1 Å². The number of hydrogen-bond acceptors (Lipinski definition) is 4. The van der Waals surface area contributed by atoms with Crippen LogP contribution < -0.4 is 11.1 Å². The lowest BCUT2D eigenvalue weighted by molar-refractivity contribution is -0.156. The summed E-state index contributed by atoms with van der Waals surface area (Å²) in [5, 5.41) is 3.37. The average Bonchev–Trinajstić information content (AvgIpc) is 2.59. The molecule has 0 aliphatic heterocycles. The lowest BCUT2D eigenvalue weighted by Crippen LogP contribution is -2.37. The van der Waals surface area contributed by atoms with Gasteiger partial charge in [0.15, 0.2) is 0 Å². The Hall–Kier alpha value is -1.39. The number of ether oxygens (including phenoxy) is 1. The first-order valence-corrected chi connectivity index (χ1v) is 9.69. The molecule has 0 spiro atoms. The standard InChI is InChI=1S/C21H34N2O2/c1-15(2)18-10-9-16(3)13-20(18)25-21(24)14-19(23-12-11-22)17-7-5-4-6-8-17/h4-8,15-16,18-20,23H,9-14,22H2,1-3H3/t16-,18+,19?,20-/m1/s1. The maximum absolute atomic E-state index is 12.6. The topological polar surface area (TPSA) is 64.3 Å². The summed E-state index contributed by atoms with van der Waals surface area (Å²) in [5.41, 5.74) is 6.73. The SMILES string of the molecule is CC(C)[C@@H]1CC[C@@H](C)C[C@H]1OC(=O)CC(NCCN)c1ccccc1. The minimum atomic E-state index is -0.108. The van der Waals surface area contributed by atoms with E-state index in [4.69, 9.17) is 10.5 Å². The van der Waals surface area contributed by atoms with E-state index >= 15 is 0 Å². The second-order valence-corrected chi connectivity index (χ2v) is 7.76. The van der Waals surface area contributed by atoms with Crippen LogP contribution in [0.2, 0.25) is 0 Å². The molecule has 1 aromatic carbocycles. The highest BCUT2D eigenvalue weighted by atomic mass is 16.5. The molecular formula is C21H34N2O2. The quantitative estimate of drug-likeness (QED) is 0.705. The van der Waals surface area contributed by atoms with Gasteiger partial charge in [-0.15, -0.1) is 0 Å². The minimum absolute atomic E-state index is 0.0456. The van der Waals surface area contributed by atoms with Crippen LogP contribution in [0.15, 0.2) is 30.3 Å². The number of nitrogens with two attached hydrogens (primary N) is 1. The number of esters is 1. The zero-order valence-corrected chi connectivity index (χ0v) is 15.9. The maximum Gasteiger partial charge on any atom is 0.308 e. The lowest BCUT2D eigenvalue weighted by Gasteiger charge is -2.37. The summed E-state index contributed by atoms with van der Waals surface area (Å²) < 4.78 is 5.96. The van der Waals surface area contributed by atoms with Crippen LogP contribution in [0.3, 0.4) is 0 Å². The largest absolute Gasteiger partial charge is 0.462 e. The minimum Gasteiger partial charge on any atom is -0.462 e. The van der Waals surface area contributed by atoms with Crippen LogP contribution in [-0.2, 0) is 9.53 Å². The second kappa shape index (κ2) is 9.93. The van der Waals surface area contributed by atoms with Crippen molar-refractivity contribution in [1.29, 1.82) is 0 Å². The van der Waals surface area contributed by atoms with Crippen molar-refractivity contribution in [3.63, 3.8) is 0 Å². The summed E-state index contributed by atoms with van der Waals surface area (Å²) in [7, 11) is 0. The molecule has 1 aromatic rings.